The lowest BCUT2D eigenvalue weighted by Gasteiger charge is -2.21. The first-order chi connectivity index (χ1) is 12.9. The average molecular weight is 340 g/mol. The van der Waals surface area contributed by atoms with Crippen LogP contribution < -0.4 is 9.47 Å². The van der Waals surface area contributed by atoms with Gasteiger partial charge in [0.2, 0.25) is 0 Å². The van der Waals surface area contributed by atoms with Gasteiger partial charge in [-0.25, -0.2) is 0 Å². The number of hydrogen-bond acceptors (Lipinski definition) is 2. The molecule has 0 amide bonds. The molecular weight excluding hydrogens is 320 g/mol. The molecule has 0 saturated heterocycles. The standard InChI is InChI=1S/C24H20O2/c1-3-9-19-17(7-1)11-13-21-23(19)24-20-10-4-2-8-18(20)12-14-22(24)26-16-6-5-15-25-21/h1-4,7-14H,5-6,15-16H2. The first kappa shape index (κ1) is 15.3. The Kier molecular flexibility index (Phi) is 3.75. The van der Waals surface area contributed by atoms with Crippen molar-refractivity contribution in [2.24, 2.45) is 0 Å². The van der Waals surface area contributed by atoms with Gasteiger partial charge in [-0.3, -0.25) is 0 Å². The molecule has 1 heterocycles. The first-order valence-corrected chi connectivity index (χ1v) is 9.21. The molecule has 0 radical (unpaired) electrons. The lowest BCUT2D eigenvalue weighted by Crippen LogP contribution is -2.07. The second kappa shape index (κ2) is 6.38. The molecule has 0 unspecified atom stereocenters. The van der Waals surface area contributed by atoms with Crippen LogP contribution in [0.4, 0.5) is 0 Å². The van der Waals surface area contributed by atoms with Crippen molar-refractivity contribution in [3.63, 3.8) is 0 Å². The Hall–Kier alpha value is -3.00. The second-order valence-electron chi connectivity index (χ2n) is 6.72. The van der Waals surface area contributed by atoms with E-state index in [9.17, 15) is 0 Å². The van der Waals surface area contributed by atoms with E-state index in [0.29, 0.717) is 0 Å². The lowest BCUT2D eigenvalue weighted by molar-refractivity contribution is 0.264. The molecule has 0 saturated carbocycles. The minimum atomic E-state index is 0.717. The Morgan fingerprint density at radius 1 is 0.500 bits per heavy atom. The lowest BCUT2D eigenvalue weighted by atomic mass is 9.92. The molecule has 0 atom stereocenters. The van der Waals surface area contributed by atoms with Crippen LogP contribution in [0.25, 0.3) is 32.7 Å². The fourth-order valence-corrected chi connectivity index (χ4v) is 3.83. The summed E-state index contributed by atoms with van der Waals surface area (Å²) in [5, 5.41) is 4.83. The van der Waals surface area contributed by atoms with Crippen molar-refractivity contribution in [3.8, 4) is 22.6 Å². The van der Waals surface area contributed by atoms with Crippen molar-refractivity contribution in [1.82, 2.24) is 0 Å². The Morgan fingerprint density at radius 2 is 0.962 bits per heavy atom. The molecular formula is C24H20O2. The summed E-state index contributed by atoms with van der Waals surface area (Å²) in [6, 6.07) is 25.5. The zero-order valence-corrected chi connectivity index (χ0v) is 14.6. The van der Waals surface area contributed by atoms with Gasteiger partial charge in [0.1, 0.15) is 11.5 Å². The maximum atomic E-state index is 6.22. The molecule has 0 aliphatic carbocycles. The molecule has 0 fully saturated rings. The maximum Gasteiger partial charge on any atom is 0.127 e. The van der Waals surface area contributed by atoms with Crippen molar-refractivity contribution in [2.75, 3.05) is 13.2 Å². The molecule has 4 aromatic rings. The van der Waals surface area contributed by atoms with E-state index >= 15 is 0 Å². The largest absolute Gasteiger partial charge is 0.493 e. The highest BCUT2D eigenvalue weighted by Gasteiger charge is 2.19. The molecule has 0 N–H and O–H groups in total. The van der Waals surface area contributed by atoms with Gasteiger partial charge in [0.05, 0.1) is 13.2 Å². The molecule has 26 heavy (non-hydrogen) atoms. The fraction of sp³-hybridized carbons (Fsp3) is 0.167. The van der Waals surface area contributed by atoms with Crippen LogP contribution in [0.5, 0.6) is 11.5 Å². The molecule has 0 bridgehead atoms. The molecule has 1 aliphatic heterocycles. The SMILES string of the molecule is c1ccc2c3c(ccc2c1)OCCCCOc1ccc2ccccc2c1-3. The summed E-state index contributed by atoms with van der Waals surface area (Å²) < 4.78 is 12.4. The highest BCUT2D eigenvalue weighted by molar-refractivity contribution is 6.09. The zero-order valence-electron chi connectivity index (χ0n) is 14.6. The normalized spacial score (nSPS) is 14.2. The third-order valence-electron chi connectivity index (χ3n) is 5.09. The van der Waals surface area contributed by atoms with Gasteiger partial charge < -0.3 is 9.47 Å². The maximum absolute atomic E-state index is 6.22. The summed E-state index contributed by atoms with van der Waals surface area (Å²) in [5.41, 5.74) is 2.27. The van der Waals surface area contributed by atoms with Gasteiger partial charge >= 0.3 is 0 Å². The summed E-state index contributed by atoms with van der Waals surface area (Å²) in [6.45, 7) is 1.43. The van der Waals surface area contributed by atoms with Crippen LogP contribution in [0.1, 0.15) is 12.8 Å². The van der Waals surface area contributed by atoms with Crippen LogP contribution in [0.2, 0.25) is 0 Å². The number of fused-ring (bicyclic) bond motifs is 7. The van der Waals surface area contributed by atoms with Crippen LogP contribution in [0.15, 0.2) is 72.8 Å². The van der Waals surface area contributed by atoms with Crippen molar-refractivity contribution >= 4 is 21.5 Å². The predicted molar refractivity (Wildman–Crippen MR) is 107 cm³/mol. The molecule has 0 spiro atoms. The Bertz CT molecular complexity index is 1010. The van der Waals surface area contributed by atoms with E-state index in [-0.39, 0.29) is 0 Å². The highest BCUT2D eigenvalue weighted by Crippen LogP contribution is 2.45. The quantitative estimate of drug-likeness (QED) is 0.379. The minimum Gasteiger partial charge on any atom is -0.493 e. The molecule has 1 aliphatic rings. The molecule has 2 nitrogen and oxygen atoms in total. The van der Waals surface area contributed by atoms with E-state index in [1.165, 1.54) is 21.5 Å². The van der Waals surface area contributed by atoms with Gasteiger partial charge in [-0.15, -0.1) is 0 Å². The van der Waals surface area contributed by atoms with E-state index < -0.39 is 0 Å². The third-order valence-corrected chi connectivity index (χ3v) is 5.09. The van der Waals surface area contributed by atoms with E-state index in [4.69, 9.17) is 9.47 Å². The van der Waals surface area contributed by atoms with Gasteiger partial charge in [-0.05, 0) is 46.5 Å². The topological polar surface area (TPSA) is 18.5 Å². The predicted octanol–water partition coefficient (Wildman–Crippen LogP) is 6.21. The fourth-order valence-electron chi connectivity index (χ4n) is 3.83. The first-order valence-electron chi connectivity index (χ1n) is 9.21. The number of hydrogen-bond donors (Lipinski definition) is 0. The average Bonchev–Trinajstić information content (AvgIpc) is 2.70. The Labute approximate surface area is 153 Å². The van der Waals surface area contributed by atoms with Crippen molar-refractivity contribution in [3.05, 3.63) is 72.8 Å². The summed E-state index contributed by atoms with van der Waals surface area (Å²) in [4.78, 5) is 0. The van der Waals surface area contributed by atoms with Gasteiger partial charge in [-0.1, -0.05) is 60.7 Å². The van der Waals surface area contributed by atoms with E-state index in [1.54, 1.807) is 0 Å². The molecule has 2 heteroatoms. The van der Waals surface area contributed by atoms with Crippen LogP contribution >= 0.6 is 0 Å². The Balaban J connectivity index is 1.93. The second-order valence-corrected chi connectivity index (χ2v) is 6.72. The third kappa shape index (κ3) is 2.50. The highest BCUT2D eigenvalue weighted by atomic mass is 16.5. The van der Waals surface area contributed by atoms with Crippen LogP contribution in [-0.4, -0.2) is 13.2 Å². The van der Waals surface area contributed by atoms with E-state index in [2.05, 4.69) is 72.8 Å². The van der Waals surface area contributed by atoms with Crippen molar-refractivity contribution in [1.29, 1.82) is 0 Å². The Morgan fingerprint density at radius 3 is 1.46 bits per heavy atom. The molecule has 5 rings (SSSR count). The number of benzene rings is 4. The van der Waals surface area contributed by atoms with Crippen molar-refractivity contribution < 1.29 is 9.47 Å². The summed E-state index contributed by atoms with van der Waals surface area (Å²) >= 11 is 0. The van der Waals surface area contributed by atoms with E-state index in [0.717, 1.165) is 48.7 Å². The van der Waals surface area contributed by atoms with Gasteiger partial charge in [0.25, 0.3) is 0 Å². The van der Waals surface area contributed by atoms with Crippen LogP contribution in [0.3, 0.4) is 0 Å². The number of ether oxygens (including phenoxy) is 2. The minimum absolute atomic E-state index is 0.717. The smallest absolute Gasteiger partial charge is 0.127 e. The van der Waals surface area contributed by atoms with Gasteiger partial charge in [0, 0.05) is 11.1 Å². The zero-order chi connectivity index (χ0) is 17.3. The number of rotatable bonds is 0. The summed E-state index contributed by atoms with van der Waals surface area (Å²) in [7, 11) is 0. The van der Waals surface area contributed by atoms with Crippen LogP contribution in [-0.2, 0) is 0 Å². The van der Waals surface area contributed by atoms with E-state index in [1.807, 2.05) is 0 Å². The molecule has 0 aromatic heterocycles. The van der Waals surface area contributed by atoms with Gasteiger partial charge in [-0.2, -0.15) is 0 Å². The van der Waals surface area contributed by atoms with Crippen LogP contribution in [0, 0.1) is 0 Å². The molecule has 4 aromatic carbocycles. The molecule has 128 valence electrons. The summed E-state index contributed by atoms with van der Waals surface area (Å²) in [6.07, 6.45) is 1.99. The summed E-state index contributed by atoms with van der Waals surface area (Å²) in [5.74, 6) is 1.87. The monoisotopic (exact) mass is 340 g/mol. The van der Waals surface area contributed by atoms with Crippen molar-refractivity contribution in [2.45, 2.75) is 12.8 Å². The van der Waals surface area contributed by atoms with Gasteiger partial charge in [0.15, 0.2) is 0 Å².